The zero-order valence-corrected chi connectivity index (χ0v) is 50.9. The van der Waals surface area contributed by atoms with E-state index in [9.17, 15) is 38.4 Å². The first-order valence-electron chi connectivity index (χ1n) is 30.8. The molecule has 82 heavy (non-hydrogen) atoms. The number of hydrogen-bond donors (Lipinski definition) is 0. The summed E-state index contributed by atoms with van der Waals surface area (Å²) in [5.74, 6) is 4.92. The summed E-state index contributed by atoms with van der Waals surface area (Å²) < 4.78 is 63.0. The zero-order valence-electron chi connectivity index (χ0n) is 50.9. The summed E-state index contributed by atoms with van der Waals surface area (Å²) >= 11 is 0. The molecule has 11 rings (SSSR count). The van der Waals surface area contributed by atoms with E-state index in [0.717, 1.165) is 64.2 Å². The Kier molecular flexibility index (Phi) is 19.4. The third kappa shape index (κ3) is 13.5. The molecular formula is C62H94O20. The summed E-state index contributed by atoms with van der Waals surface area (Å²) in [6.45, 7) is 27.2. The van der Waals surface area contributed by atoms with Gasteiger partial charge in [0.1, 0.15) is 49.3 Å². The zero-order chi connectivity index (χ0) is 59.8. The third-order valence-electron chi connectivity index (χ3n) is 21.3. The van der Waals surface area contributed by atoms with E-state index in [4.69, 9.17) is 56.8 Å². The van der Waals surface area contributed by atoms with Gasteiger partial charge in [0.2, 0.25) is 0 Å². The average molecular weight is 1160 g/mol. The van der Waals surface area contributed by atoms with Crippen LogP contribution in [0.15, 0.2) is 0 Å². The maximum Gasteiger partial charge on any atom is 0.509 e. The number of carbonyl (C=O) groups excluding carboxylic acids is 8. The quantitative estimate of drug-likeness (QED) is 0.0703. The van der Waals surface area contributed by atoms with Gasteiger partial charge in [-0.05, 0) is 186 Å². The highest BCUT2D eigenvalue weighted by Gasteiger charge is 2.71. The van der Waals surface area contributed by atoms with Crippen molar-refractivity contribution in [3.8, 4) is 0 Å². The normalized spacial score (nSPS) is 35.9. The molecule has 4 saturated heterocycles. The molecule has 7 saturated carbocycles. The van der Waals surface area contributed by atoms with E-state index >= 15 is 0 Å². The Hall–Kier alpha value is -5.04. The molecule has 20 nitrogen and oxygen atoms in total. The molecule has 11 fully saturated rings. The number of fused-ring (bicyclic) bond motifs is 18. The minimum atomic E-state index is -0.615. The van der Waals surface area contributed by atoms with Gasteiger partial charge in [0.05, 0.1) is 48.1 Å². The Labute approximate surface area is 484 Å². The lowest BCUT2D eigenvalue weighted by Gasteiger charge is -2.41. The average Bonchev–Trinajstić information content (AvgIpc) is 2.70. The Morgan fingerprint density at radius 1 is 0.463 bits per heavy atom. The van der Waals surface area contributed by atoms with Crippen molar-refractivity contribution in [2.24, 2.45) is 92.7 Å². The number of carbonyl (C=O) groups is 8. The van der Waals surface area contributed by atoms with Crippen LogP contribution in [-0.4, -0.2) is 124 Å². The van der Waals surface area contributed by atoms with Crippen molar-refractivity contribution in [1.29, 1.82) is 0 Å². The van der Waals surface area contributed by atoms with E-state index < -0.39 is 46.3 Å². The Bertz CT molecular complexity index is 2340. The lowest BCUT2D eigenvalue weighted by Crippen LogP contribution is -2.45. The first-order chi connectivity index (χ1) is 38.6. The summed E-state index contributed by atoms with van der Waals surface area (Å²) in [6.07, 6.45) is 8.81. The molecule has 0 aromatic rings. The number of esters is 4. The van der Waals surface area contributed by atoms with Crippen molar-refractivity contribution < 1.29 is 95.2 Å². The molecule has 11 aliphatic rings. The molecule has 0 N–H and O–H groups in total. The van der Waals surface area contributed by atoms with Crippen LogP contribution in [0.4, 0.5) is 19.2 Å². The Balaban J connectivity index is 0.000000145. The highest BCUT2D eigenvalue weighted by molar-refractivity contribution is 5.77. The largest absolute Gasteiger partial charge is 0.509 e. The minimum Gasteiger partial charge on any atom is -0.465 e. The smallest absolute Gasteiger partial charge is 0.465 e. The fourth-order valence-corrected chi connectivity index (χ4v) is 14.5. The lowest BCUT2D eigenvalue weighted by molar-refractivity contribution is -0.157. The van der Waals surface area contributed by atoms with Gasteiger partial charge < -0.3 is 56.8 Å². The first kappa shape index (κ1) is 63.0. The van der Waals surface area contributed by atoms with Crippen molar-refractivity contribution in [1.82, 2.24) is 0 Å². The third-order valence-corrected chi connectivity index (χ3v) is 21.3. The summed E-state index contributed by atoms with van der Waals surface area (Å²) in [5, 5.41) is 0. The SMILES string of the molecule is CCC(C)(C)C(=O)OCC1CC2CC1C1C3CC(C4OC(=O)OC34)C21.CCC(C)(C)C(=O)OCC1CC2CC1C1OC(=O)OC21.CCC(C)(C)C(=O)OCC1CCC2OC(=O)OC2C1.CCC(C)(C)C(=O)OCCC(C)C1COC(=O)O1. The van der Waals surface area contributed by atoms with Crippen LogP contribution in [0.2, 0.25) is 0 Å². The Morgan fingerprint density at radius 2 is 0.915 bits per heavy atom. The maximum atomic E-state index is 12.3. The summed E-state index contributed by atoms with van der Waals surface area (Å²) in [4.78, 5) is 92.4. The Morgan fingerprint density at radius 3 is 1.45 bits per heavy atom. The fourth-order valence-electron chi connectivity index (χ4n) is 14.5. The second kappa shape index (κ2) is 25.3. The monoisotopic (exact) mass is 1160 g/mol. The van der Waals surface area contributed by atoms with Crippen molar-refractivity contribution in [3.63, 3.8) is 0 Å². The minimum absolute atomic E-state index is 0.0136. The highest BCUT2D eigenvalue weighted by atomic mass is 16.8. The molecule has 19 atom stereocenters. The highest BCUT2D eigenvalue weighted by Crippen LogP contribution is 2.70. The van der Waals surface area contributed by atoms with Gasteiger partial charge in [0, 0.05) is 23.7 Å². The van der Waals surface area contributed by atoms with E-state index in [0.29, 0.717) is 86.1 Å². The number of cyclic esters (lactones) is 2. The molecule has 0 amide bonds. The van der Waals surface area contributed by atoms with Crippen LogP contribution in [0.25, 0.3) is 0 Å². The molecule has 7 aliphatic carbocycles. The van der Waals surface area contributed by atoms with Gasteiger partial charge >= 0.3 is 48.5 Å². The van der Waals surface area contributed by atoms with Gasteiger partial charge in [-0.2, -0.15) is 0 Å². The fraction of sp³-hybridized carbons (Fsp3) is 0.871. The summed E-state index contributed by atoms with van der Waals surface area (Å²) in [5.41, 5.74) is -1.69. The molecule has 6 bridgehead atoms. The lowest BCUT2D eigenvalue weighted by atomic mass is 9.66. The number of rotatable bonds is 18. The molecule has 0 radical (unpaired) electrons. The van der Waals surface area contributed by atoms with Crippen LogP contribution in [0.1, 0.15) is 173 Å². The van der Waals surface area contributed by atoms with E-state index in [-0.39, 0.29) is 91.0 Å². The van der Waals surface area contributed by atoms with Gasteiger partial charge in [0.25, 0.3) is 0 Å². The van der Waals surface area contributed by atoms with Gasteiger partial charge in [-0.1, -0.05) is 34.6 Å². The van der Waals surface area contributed by atoms with Crippen molar-refractivity contribution in [2.45, 2.75) is 216 Å². The summed E-state index contributed by atoms with van der Waals surface area (Å²) in [6, 6.07) is 0. The molecule has 0 spiro atoms. The van der Waals surface area contributed by atoms with Crippen LogP contribution in [0.3, 0.4) is 0 Å². The van der Waals surface area contributed by atoms with Crippen molar-refractivity contribution in [3.05, 3.63) is 0 Å². The molecule has 0 aromatic carbocycles. The second-order valence-electron chi connectivity index (χ2n) is 28.0. The van der Waals surface area contributed by atoms with E-state index in [2.05, 4.69) is 0 Å². The van der Waals surface area contributed by atoms with Gasteiger partial charge in [0.15, 0.2) is 0 Å². The molecule has 4 aliphatic heterocycles. The van der Waals surface area contributed by atoms with Crippen molar-refractivity contribution in [2.75, 3.05) is 33.0 Å². The number of ether oxygens (including phenoxy) is 12. The van der Waals surface area contributed by atoms with Crippen molar-refractivity contribution >= 4 is 48.5 Å². The standard InChI is InChI=1S/C20H28O5.C15H22O5.C14H22O5.C13H22O5/c1-4-20(2,3)18(21)23-8-10-5-9-6-11(10)15-13-7-12(14(9)15)16-17(13)25-19(22)24-16;1-4-15(2,3)13(16)18-7-9-5-8-6-10(9)12-11(8)19-14(17)20-12;1-4-14(2,3)12(15)17-8-9-5-6-10-11(7-9)19-13(16)18-10;1-5-13(3,4)11(14)16-7-6-9(2)10-8-17-12(15)18-10/h9-17H,4-8H2,1-3H3;8-12H,4-7H2,1-3H3;9-11H,4-8H2,1-3H3;9-10H,5-8H2,1-4H3. The van der Waals surface area contributed by atoms with E-state index in [1.165, 1.54) is 12.8 Å². The molecule has 0 aromatic heterocycles. The van der Waals surface area contributed by atoms with Gasteiger partial charge in [-0.15, -0.1) is 0 Å². The maximum absolute atomic E-state index is 12.3. The van der Waals surface area contributed by atoms with Crippen LogP contribution in [0.5, 0.6) is 0 Å². The summed E-state index contributed by atoms with van der Waals surface area (Å²) in [7, 11) is 0. The molecule has 462 valence electrons. The van der Waals surface area contributed by atoms with Gasteiger partial charge in [-0.3, -0.25) is 19.2 Å². The second-order valence-corrected chi connectivity index (χ2v) is 28.0. The van der Waals surface area contributed by atoms with Crippen LogP contribution in [-0.2, 0) is 76.0 Å². The molecule has 20 heteroatoms. The van der Waals surface area contributed by atoms with Crippen LogP contribution < -0.4 is 0 Å². The van der Waals surface area contributed by atoms with E-state index in [1.807, 2.05) is 90.0 Å². The predicted octanol–water partition coefficient (Wildman–Crippen LogP) is 11.1. The topological polar surface area (TPSA) is 247 Å². The van der Waals surface area contributed by atoms with Crippen LogP contribution in [0, 0.1) is 92.7 Å². The first-order valence-corrected chi connectivity index (χ1v) is 30.8. The van der Waals surface area contributed by atoms with E-state index in [1.54, 1.807) is 0 Å². The number of hydrogen-bond acceptors (Lipinski definition) is 20. The van der Waals surface area contributed by atoms with Crippen LogP contribution >= 0.6 is 0 Å². The van der Waals surface area contributed by atoms with Gasteiger partial charge in [-0.25, -0.2) is 19.2 Å². The molecule has 19 unspecified atom stereocenters. The predicted molar refractivity (Wildman–Crippen MR) is 291 cm³/mol. The molecular weight excluding hydrogens is 1060 g/mol. The molecule has 4 heterocycles.